The molecule has 0 spiro atoms. The summed E-state index contributed by atoms with van der Waals surface area (Å²) in [5, 5.41) is 17.9. The van der Waals surface area contributed by atoms with Gasteiger partial charge in [0.05, 0.1) is 12.1 Å². The Morgan fingerprint density at radius 1 is 0.469 bits per heavy atom. The van der Waals surface area contributed by atoms with Crippen molar-refractivity contribution in [2.75, 3.05) is 84.6 Å². The van der Waals surface area contributed by atoms with E-state index in [1.807, 2.05) is 84.6 Å². The monoisotopic (exact) mass is 492 g/mol. The minimum atomic E-state index is -2.10. The number of hydrogen-bond donors (Lipinski definition) is 0. The molecule has 1 saturated carbocycles. The van der Waals surface area contributed by atoms with Crippen LogP contribution in [-0.4, -0.2) is 125 Å². The van der Waals surface area contributed by atoms with Crippen molar-refractivity contribution in [1.82, 2.24) is 28.0 Å². The Hall–Kier alpha value is -0.580. The van der Waals surface area contributed by atoms with E-state index in [9.17, 15) is 0 Å². The molecule has 0 N–H and O–H groups in total. The zero-order chi connectivity index (χ0) is 24.7. The van der Waals surface area contributed by atoms with Gasteiger partial charge in [-0.3, -0.25) is 28.0 Å². The maximum atomic E-state index is 4.71. The van der Waals surface area contributed by atoms with Gasteiger partial charge in [0.15, 0.2) is 15.0 Å². The third-order valence-corrected chi connectivity index (χ3v) is 12.7. The highest BCUT2D eigenvalue weighted by Gasteiger charge is 2.31. The van der Waals surface area contributed by atoms with Gasteiger partial charge < -0.3 is 0 Å². The van der Waals surface area contributed by atoms with E-state index in [-0.39, 0.29) is 12.1 Å². The van der Waals surface area contributed by atoms with E-state index in [1.165, 1.54) is 0 Å². The van der Waals surface area contributed by atoms with Crippen LogP contribution in [0.3, 0.4) is 0 Å². The standard InChI is InChI=1S/C18H46N12P2/c1-25(2)31(26(3)4,27(5)6)23-21-19-17-15-13-14-16-18(17)20-22-24-32(28(7)8,29(9)10)30(11)12/h17-18H,13-16H2,1-12H3/t17-,18-/m1/s1. The van der Waals surface area contributed by atoms with Gasteiger partial charge in [0.2, 0.25) is 0 Å². The van der Waals surface area contributed by atoms with E-state index in [4.69, 9.17) is 9.71 Å². The molecule has 14 heteroatoms. The molecule has 1 aliphatic carbocycles. The van der Waals surface area contributed by atoms with Crippen LogP contribution in [0.5, 0.6) is 0 Å². The Morgan fingerprint density at radius 3 is 0.938 bits per heavy atom. The smallest absolute Gasteiger partial charge is 0.193 e. The van der Waals surface area contributed by atoms with Gasteiger partial charge in [-0.2, -0.15) is 10.2 Å². The summed E-state index contributed by atoms with van der Waals surface area (Å²) < 4.78 is 12.7. The molecule has 0 aromatic carbocycles. The molecule has 1 rings (SSSR count). The summed E-state index contributed by atoms with van der Waals surface area (Å²) in [5.74, 6) is 0. The second kappa shape index (κ2) is 12.8. The molecule has 0 radical (unpaired) electrons. The van der Waals surface area contributed by atoms with Crippen LogP contribution in [-0.2, 0) is 0 Å². The lowest BCUT2D eigenvalue weighted by Gasteiger charge is -2.39. The highest BCUT2D eigenvalue weighted by atomic mass is 31.2. The lowest BCUT2D eigenvalue weighted by atomic mass is 9.92. The van der Waals surface area contributed by atoms with Gasteiger partial charge >= 0.3 is 0 Å². The van der Waals surface area contributed by atoms with E-state index in [2.05, 4.69) is 48.7 Å². The molecule has 0 unspecified atom stereocenters. The SMILES string of the molecule is CN(C)P(=NN=N[C@@H]1CCCC[C@H]1N=NN=P(N(C)C)(N(C)C)N(C)C)(N(C)C)N(C)C. The van der Waals surface area contributed by atoms with Crippen LogP contribution in [0.2, 0.25) is 0 Å². The normalized spacial score (nSPS) is 21.4. The highest BCUT2D eigenvalue weighted by Crippen LogP contribution is 2.55. The molecule has 1 aliphatic rings. The van der Waals surface area contributed by atoms with Crippen molar-refractivity contribution in [2.24, 2.45) is 30.4 Å². The van der Waals surface area contributed by atoms with Crippen molar-refractivity contribution < 1.29 is 0 Å². The number of nitrogens with zero attached hydrogens (tertiary/aromatic N) is 12. The molecule has 188 valence electrons. The lowest BCUT2D eigenvalue weighted by molar-refractivity contribution is 0.364. The third-order valence-electron chi connectivity index (χ3n) is 5.63. The fourth-order valence-corrected chi connectivity index (χ4v) is 9.83. The quantitative estimate of drug-likeness (QED) is 0.257. The number of rotatable bonds is 10. The first-order chi connectivity index (χ1) is 14.8. The lowest BCUT2D eigenvalue weighted by Crippen LogP contribution is -2.30. The van der Waals surface area contributed by atoms with Gasteiger partial charge in [-0.15, -0.1) is 9.71 Å². The Kier molecular flexibility index (Phi) is 11.7. The molecule has 0 amide bonds. The van der Waals surface area contributed by atoms with E-state index in [0.29, 0.717) is 0 Å². The van der Waals surface area contributed by atoms with E-state index >= 15 is 0 Å². The average molecular weight is 493 g/mol. The summed E-state index contributed by atoms with van der Waals surface area (Å²) in [6.07, 6.45) is 4.11. The van der Waals surface area contributed by atoms with Gasteiger partial charge in [0.25, 0.3) is 0 Å². The first-order valence-corrected chi connectivity index (χ1v) is 14.1. The molecule has 12 nitrogen and oxygen atoms in total. The van der Waals surface area contributed by atoms with Crippen molar-refractivity contribution >= 4 is 15.0 Å². The van der Waals surface area contributed by atoms with E-state index < -0.39 is 15.0 Å². The van der Waals surface area contributed by atoms with E-state index in [1.54, 1.807) is 0 Å². The molecule has 32 heavy (non-hydrogen) atoms. The Labute approximate surface area is 196 Å². The van der Waals surface area contributed by atoms with Crippen LogP contribution in [0.15, 0.2) is 30.4 Å². The second-order valence-corrected chi connectivity index (χ2v) is 16.5. The summed E-state index contributed by atoms with van der Waals surface area (Å²) in [6.45, 7) is 0. The molecule has 0 aromatic heterocycles. The highest BCUT2D eigenvalue weighted by molar-refractivity contribution is 7.59. The van der Waals surface area contributed by atoms with Crippen molar-refractivity contribution in [3.8, 4) is 0 Å². The Bertz CT molecular complexity index is 623. The van der Waals surface area contributed by atoms with Gasteiger partial charge in [-0.25, -0.2) is 0 Å². The van der Waals surface area contributed by atoms with Gasteiger partial charge in [0, 0.05) is 0 Å². The molecule has 0 saturated heterocycles. The van der Waals surface area contributed by atoms with Gasteiger partial charge in [-0.1, -0.05) is 12.8 Å². The Morgan fingerprint density at radius 2 is 0.719 bits per heavy atom. The summed E-state index contributed by atoms with van der Waals surface area (Å²) in [5.41, 5.74) is 0. The molecular weight excluding hydrogens is 446 g/mol. The fraction of sp³-hybridized carbons (Fsp3) is 1.00. The maximum absolute atomic E-state index is 4.71. The minimum Gasteiger partial charge on any atom is -0.250 e. The minimum absolute atomic E-state index is 0.0226. The van der Waals surface area contributed by atoms with Crippen molar-refractivity contribution in [1.29, 1.82) is 0 Å². The van der Waals surface area contributed by atoms with Gasteiger partial charge in [-0.05, 0) is 108 Å². The zero-order valence-electron chi connectivity index (χ0n) is 22.2. The van der Waals surface area contributed by atoms with Crippen LogP contribution in [0.1, 0.15) is 25.7 Å². The van der Waals surface area contributed by atoms with Crippen LogP contribution in [0.25, 0.3) is 0 Å². The van der Waals surface area contributed by atoms with Crippen LogP contribution >= 0.6 is 15.0 Å². The predicted molar refractivity (Wildman–Crippen MR) is 137 cm³/mol. The second-order valence-electron chi connectivity index (χ2n) is 9.16. The summed E-state index contributed by atoms with van der Waals surface area (Å²) in [7, 11) is 20.2. The summed E-state index contributed by atoms with van der Waals surface area (Å²) >= 11 is 0. The number of hydrogen-bond acceptors (Lipinski definition) is 2. The molecule has 0 heterocycles. The molecule has 0 aliphatic heterocycles. The summed E-state index contributed by atoms with van der Waals surface area (Å²) in [6, 6.07) is -0.0451. The van der Waals surface area contributed by atoms with E-state index in [0.717, 1.165) is 25.7 Å². The van der Waals surface area contributed by atoms with Crippen LogP contribution in [0.4, 0.5) is 0 Å². The van der Waals surface area contributed by atoms with Crippen molar-refractivity contribution in [3.05, 3.63) is 0 Å². The molecule has 1 fully saturated rings. The molecule has 2 atom stereocenters. The first-order valence-electron chi connectivity index (χ1n) is 10.9. The fourth-order valence-electron chi connectivity index (χ4n) is 4.27. The van der Waals surface area contributed by atoms with Crippen molar-refractivity contribution in [3.63, 3.8) is 0 Å². The van der Waals surface area contributed by atoms with Crippen LogP contribution in [0, 0.1) is 0 Å². The zero-order valence-corrected chi connectivity index (χ0v) is 24.0. The largest absolute Gasteiger partial charge is 0.250 e. The van der Waals surface area contributed by atoms with Gasteiger partial charge in [0.1, 0.15) is 0 Å². The Balaban J connectivity index is 3.23. The van der Waals surface area contributed by atoms with Crippen molar-refractivity contribution in [2.45, 2.75) is 37.8 Å². The first kappa shape index (κ1) is 29.5. The maximum Gasteiger partial charge on any atom is 0.193 e. The molecule has 0 aromatic rings. The topological polar surface area (TPSA) is 93.6 Å². The third kappa shape index (κ3) is 6.51. The average Bonchev–Trinajstić information content (AvgIpc) is 2.67. The van der Waals surface area contributed by atoms with Crippen LogP contribution < -0.4 is 0 Å². The molecule has 0 bridgehead atoms. The predicted octanol–water partition coefficient (Wildman–Crippen LogP) is 4.29. The molecular formula is C18H46N12P2. The summed E-state index contributed by atoms with van der Waals surface area (Å²) in [4.78, 5) is 9.42.